The van der Waals surface area contributed by atoms with E-state index in [-0.39, 0.29) is 0 Å². The predicted octanol–water partition coefficient (Wildman–Crippen LogP) is 12.8. The number of fused-ring (bicyclic) bond motifs is 6. The molecule has 0 saturated heterocycles. The van der Waals surface area contributed by atoms with Gasteiger partial charge in [-0.1, -0.05) is 107 Å². The molecule has 0 amide bonds. The summed E-state index contributed by atoms with van der Waals surface area (Å²) in [6, 6.07) is 55.8. The molecule has 3 aromatic heterocycles. The van der Waals surface area contributed by atoms with Crippen LogP contribution in [0.5, 0.6) is 0 Å². The molecule has 10 rings (SSSR count). The maximum atomic E-state index is 11.1. The topological polar surface area (TPSA) is 59.4 Å². The number of aryl methyl sites for hydroxylation is 4. The first-order valence-corrected chi connectivity index (χ1v) is 19.0. The van der Waals surface area contributed by atoms with Gasteiger partial charge in [0.1, 0.15) is 0 Å². The summed E-state index contributed by atoms with van der Waals surface area (Å²) in [6.45, 7) is 8.58. The zero-order valence-electron chi connectivity index (χ0n) is 31.7. The largest absolute Gasteiger partial charge is 0.307 e. The Bertz CT molecular complexity index is 3060. The fourth-order valence-electron chi connectivity index (χ4n) is 8.32. The van der Waals surface area contributed by atoms with E-state index in [1.54, 1.807) is 0 Å². The van der Waals surface area contributed by atoms with E-state index in [2.05, 4.69) is 140 Å². The van der Waals surface area contributed by atoms with Crippen LogP contribution >= 0.6 is 0 Å². The Labute approximate surface area is 325 Å². The predicted molar refractivity (Wildman–Crippen MR) is 231 cm³/mol. The average molecular weight is 720 g/mol. The smallest absolute Gasteiger partial charge is 0.160 e. The molecule has 0 aliphatic carbocycles. The Morgan fingerprint density at radius 1 is 0.429 bits per heavy atom. The molecule has 0 radical (unpaired) electrons. The highest BCUT2D eigenvalue weighted by Crippen LogP contribution is 2.42. The molecule has 0 aliphatic heterocycles. The third-order valence-corrected chi connectivity index (χ3v) is 11.0. The molecule has 0 unspecified atom stereocenters. The van der Waals surface area contributed by atoms with Gasteiger partial charge in [-0.05, 0) is 94.4 Å². The first-order valence-electron chi connectivity index (χ1n) is 19.0. The molecule has 0 N–H and O–H groups in total. The summed E-state index contributed by atoms with van der Waals surface area (Å²) < 4.78 is 4.72. The molecule has 56 heavy (non-hydrogen) atoms. The van der Waals surface area contributed by atoms with E-state index in [0.717, 1.165) is 55.8 Å². The fourth-order valence-corrected chi connectivity index (χ4v) is 8.32. The van der Waals surface area contributed by atoms with Crippen LogP contribution in [0.1, 0.15) is 27.8 Å². The second kappa shape index (κ2) is 12.9. The van der Waals surface area contributed by atoms with Crippen molar-refractivity contribution in [2.24, 2.45) is 0 Å². The van der Waals surface area contributed by atoms with E-state index in [1.165, 1.54) is 43.8 Å². The first-order chi connectivity index (χ1) is 27.3. The molecule has 5 nitrogen and oxygen atoms in total. The van der Waals surface area contributed by atoms with Gasteiger partial charge in [0, 0.05) is 38.2 Å². The van der Waals surface area contributed by atoms with Crippen LogP contribution in [0, 0.1) is 39.0 Å². The minimum absolute atomic E-state index is 0.530. The number of hydrogen-bond acceptors (Lipinski definition) is 3. The van der Waals surface area contributed by atoms with E-state index >= 15 is 0 Å². The Morgan fingerprint density at radius 3 is 1.29 bits per heavy atom. The van der Waals surface area contributed by atoms with Crippen molar-refractivity contribution in [2.75, 3.05) is 0 Å². The van der Waals surface area contributed by atoms with E-state index in [4.69, 9.17) is 9.97 Å². The molecule has 7 aromatic carbocycles. The van der Waals surface area contributed by atoms with Gasteiger partial charge >= 0.3 is 0 Å². The van der Waals surface area contributed by atoms with Gasteiger partial charge in [-0.15, -0.1) is 0 Å². The molecule has 5 heteroatoms. The molecule has 0 atom stereocenters. The monoisotopic (exact) mass is 719 g/mol. The third-order valence-electron chi connectivity index (χ3n) is 11.0. The van der Waals surface area contributed by atoms with Crippen LogP contribution < -0.4 is 0 Å². The van der Waals surface area contributed by atoms with Crippen LogP contribution in [0.2, 0.25) is 0 Å². The van der Waals surface area contributed by atoms with E-state index in [0.29, 0.717) is 17.1 Å². The van der Waals surface area contributed by atoms with Crippen molar-refractivity contribution in [2.45, 2.75) is 27.7 Å². The summed E-state index contributed by atoms with van der Waals surface area (Å²) in [4.78, 5) is 10.3. The lowest BCUT2D eigenvalue weighted by Crippen LogP contribution is -2.06. The van der Waals surface area contributed by atoms with Gasteiger partial charge in [0.15, 0.2) is 5.82 Å². The quantitative estimate of drug-likeness (QED) is 0.178. The van der Waals surface area contributed by atoms with E-state index < -0.39 is 0 Å². The summed E-state index contributed by atoms with van der Waals surface area (Å²) in [7, 11) is 0. The molecule has 0 saturated carbocycles. The summed E-state index contributed by atoms with van der Waals surface area (Å²) >= 11 is 0. The molecular weight excluding hydrogens is 683 g/mol. The summed E-state index contributed by atoms with van der Waals surface area (Å²) in [5, 5.41) is 15.8. The lowest BCUT2D eigenvalue weighted by atomic mass is 10.00. The number of benzene rings is 7. The Kier molecular flexibility index (Phi) is 7.69. The van der Waals surface area contributed by atoms with E-state index in [1.807, 2.05) is 54.6 Å². The van der Waals surface area contributed by atoms with Crippen LogP contribution in [0.3, 0.4) is 0 Å². The molecule has 0 bridgehead atoms. The number of nitrogens with zero attached hydrogens (tertiary/aromatic N) is 5. The van der Waals surface area contributed by atoms with Crippen molar-refractivity contribution in [1.82, 2.24) is 19.1 Å². The maximum Gasteiger partial charge on any atom is 0.160 e. The van der Waals surface area contributed by atoms with Crippen LogP contribution in [0.25, 0.3) is 88.9 Å². The Hall–Kier alpha value is -7.29. The third kappa shape index (κ3) is 5.38. The lowest BCUT2D eigenvalue weighted by Gasteiger charge is -2.20. The van der Waals surface area contributed by atoms with Gasteiger partial charge in [-0.25, -0.2) is 9.97 Å². The highest BCUT2D eigenvalue weighted by Gasteiger charge is 2.24. The first kappa shape index (κ1) is 33.3. The van der Waals surface area contributed by atoms with Crippen molar-refractivity contribution >= 4 is 43.6 Å². The standard InChI is InChI=1S/C51H37N5/c1-31-15-19-45-39(23-31)40-24-32(2)16-20-46(40)55(45)49-27-37(30-52)38(28-50(49)56-47-21-17-33(3)25-41(47)42-26-34(4)18-22-48(42)56)44-29-43(35-11-7-5-8-12-35)53-51(54-44)36-13-9-6-10-14-36/h5-29H,1-4H3. The van der Waals surface area contributed by atoms with Gasteiger partial charge in [0.2, 0.25) is 0 Å². The maximum absolute atomic E-state index is 11.1. The second-order valence-corrected chi connectivity index (χ2v) is 14.9. The summed E-state index contributed by atoms with van der Waals surface area (Å²) in [5.41, 5.74) is 15.7. The molecule has 3 heterocycles. The SMILES string of the molecule is Cc1ccc2c(c1)c1cc(C)ccc1n2-c1cc(C#N)c(-c2cc(-c3ccccc3)nc(-c3ccccc3)n2)cc1-n1c2ccc(C)cc2c2cc(C)ccc21. The number of aromatic nitrogens is 4. The van der Waals surface area contributed by atoms with Crippen molar-refractivity contribution in [3.63, 3.8) is 0 Å². The average Bonchev–Trinajstić information content (AvgIpc) is 3.71. The van der Waals surface area contributed by atoms with Crippen molar-refractivity contribution in [3.8, 4) is 51.3 Å². The molecule has 266 valence electrons. The van der Waals surface area contributed by atoms with Gasteiger partial charge in [-0.3, -0.25) is 0 Å². The summed E-state index contributed by atoms with van der Waals surface area (Å²) in [6.07, 6.45) is 0. The molecule has 10 aromatic rings. The van der Waals surface area contributed by atoms with Gasteiger partial charge in [-0.2, -0.15) is 5.26 Å². The van der Waals surface area contributed by atoms with E-state index in [9.17, 15) is 5.26 Å². The Morgan fingerprint density at radius 2 is 0.839 bits per heavy atom. The Balaban J connectivity index is 1.36. The highest BCUT2D eigenvalue weighted by molar-refractivity contribution is 6.12. The number of hydrogen-bond donors (Lipinski definition) is 0. The number of nitriles is 1. The normalized spacial score (nSPS) is 11.6. The minimum atomic E-state index is 0.530. The molecule has 0 fully saturated rings. The lowest BCUT2D eigenvalue weighted by molar-refractivity contribution is 1.09. The second-order valence-electron chi connectivity index (χ2n) is 14.9. The highest BCUT2D eigenvalue weighted by atomic mass is 15.1. The van der Waals surface area contributed by atoms with Crippen LogP contribution in [-0.4, -0.2) is 19.1 Å². The van der Waals surface area contributed by atoms with Crippen molar-refractivity contribution in [1.29, 1.82) is 5.26 Å². The van der Waals surface area contributed by atoms with Crippen LogP contribution in [0.4, 0.5) is 0 Å². The zero-order chi connectivity index (χ0) is 38.1. The van der Waals surface area contributed by atoms with Gasteiger partial charge in [0.05, 0.1) is 56.5 Å². The molecular formula is C51H37N5. The van der Waals surface area contributed by atoms with Gasteiger partial charge in [0.25, 0.3) is 0 Å². The molecule has 0 aliphatic rings. The minimum Gasteiger partial charge on any atom is -0.307 e. The zero-order valence-corrected chi connectivity index (χ0v) is 31.7. The van der Waals surface area contributed by atoms with Crippen LogP contribution in [0.15, 0.2) is 152 Å². The summed E-state index contributed by atoms with van der Waals surface area (Å²) in [5.74, 6) is 0.604. The fraction of sp³-hybridized carbons (Fsp3) is 0.0784. The van der Waals surface area contributed by atoms with Crippen molar-refractivity contribution in [3.05, 3.63) is 179 Å². The number of rotatable bonds is 5. The van der Waals surface area contributed by atoms with Crippen LogP contribution in [-0.2, 0) is 0 Å². The molecule has 0 spiro atoms. The van der Waals surface area contributed by atoms with Gasteiger partial charge < -0.3 is 9.13 Å². The van der Waals surface area contributed by atoms with Crippen molar-refractivity contribution < 1.29 is 0 Å².